The number of carbonyl (C=O) groups excluding carboxylic acids is 2. The van der Waals surface area contributed by atoms with Crippen LogP contribution in [0.15, 0.2) is 10.7 Å². The number of phenolic OH excluding ortho intramolecular Hbond substituents is 2. The maximum absolute atomic E-state index is 12.0. The van der Waals surface area contributed by atoms with E-state index in [0.717, 1.165) is 0 Å². The molecule has 0 atom stereocenters. The Morgan fingerprint density at radius 3 is 2.29 bits per heavy atom. The molecule has 0 saturated heterocycles. The fourth-order valence-corrected chi connectivity index (χ4v) is 2.33. The van der Waals surface area contributed by atoms with Crippen LogP contribution in [0.1, 0.15) is 29.3 Å². The molecule has 2 rings (SSSR count). The van der Waals surface area contributed by atoms with E-state index >= 15 is 0 Å². The summed E-state index contributed by atoms with van der Waals surface area (Å²) in [5, 5.41) is 32.5. The number of ketones is 2. The zero-order valence-corrected chi connectivity index (χ0v) is 11.3. The topological polar surface area (TPSA) is 144 Å². The van der Waals surface area contributed by atoms with Crippen LogP contribution in [-0.4, -0.2) is 26.9 Å². The highest BCUT2D eigenvalue weighted by Crippen LogP contribution is 2.50. The molecule has 1 aliphatic rings. The minimum Gasteiger partial charge on any atom is -0.507 e. The molecule has 9 heteroatoms. The Morgan fingerprint density at radius 2 is 1.76 bits per heavy atom. The molecule has 108 valence electrons. The number of phenols is 2. The number of fused-ring (bicyclic) bond motifs is 1. The van der Waals surface area contributed by atoms with Gasteiger partial charge in [0.05, 0.1) is 16.1 Å². The summed E-state index contributed by atoms with van der Waals surface area (Å²) in [6.45, 7) is 1.53. The van der Waals surface area contributed by atoms with Crippen molar-refractivity contribution in [3.8, 4) is 11.5 Å². The van der Waals surface area contributed by atoms with Crippen LogP contribution in [0.25, 0.3) is 16.2 Å². The van der Waals surface area contributed by atoms with Crippen molar-refractivity contribution in [3.05, 3.63) is 32.2 Å². The maximum atomic E-state index is 12.0. The predicted octanol–water partition coefficient (Wildman–Crippen LogP) is 3.14. The van der Waals surface area contributed by atoms with Crippen LogP contribution in [-0.2, 0) is 4.79 Å². The van der Waals surface area contributed by atoms with Crippen molar-refractivity contribution in [1.82, 2.24) is 0 Å². The van der Waals surface area contributed by atoms with Crippen molar-refractivity contribution >= 4 is 34.6 Å². The number of benzene rings is 1. The molecule has 0 aromatic heterocycles. The van der Waals surface area contributed by atoms with Crippen LogP contribution >= 0.6 is 11.6 Å². The van der Waals surface area contributed by atoms with Gasteiger partial charge in [-0.25, -0.2) is 0 Å². The number of aliphatic hydroxyl groups is 1. The molecule has 1 aromatic carbocycles. The molecule has 0 spiro atoms. The highest BCUT2D eigenvalue weighted by molar-refractivity contribution is 6.53. The van der Waals surface area contributed by atoms with E-state index in [1.165, 1.54) is 6.92 Å². The van der Waals surface area contributed by atoms with E-state index in [0.29, 0.717) is 0 Å². The summed E-state index contributed by atoms with van der Waals surface area (Å²) in [4.78, 5) is 26.3. The molecule has 0 radical (unpaired) electrons. The van der Waals surface area contributed by atoms with Crippen LogP contribution in [0, 0.1) is 0 Å². The quantitative estimate of drug-likeness (QED) is 0.253. The number of hydrogen-bond acceptors (Lipinski definition) is 6. The smallest absolute Gasteiger partial charge is 0.237 e. The summed E-state index contributed by atoms with van der Waals surface area (Å²) < 4.78 is 0. The minimum atomic E-state index is -1.11. The largest absolute Gasteiger partial charge is 0.507 e. The molecule has 0 bridgehead atoms. The third-order valence-electron chi connectivity index (χ3n) is 3.09. The van der Waals surface area contributed by atoms with Gasteiger partial charge in [0.2, 0.25) is 11.6 Å². The van der Waals surface area contributed by atoms with Gasteiger partial charge in [0.1, 0.15) is 22.9 Å². The fourth-order valence-electron chi connectivity index (χ4n) is 2.11. The molecule has 0 amide bonds. The summed E-state index contributed by atoms with van der Waals surface area (Å²) >= 11 is 5.71. The van der Waals surface area contributed by atoms with Crippen LogP contribution in [0.2, 0.25) is 5.02 Å². The Kier molecular flexibility index (Phi) is 3.51. The number of aliphatic hydroxyl groups excluding tert-OH is 1. The second kappa shape index (κ2) is 5.01. The van der Waals surface area contributed by atoms with Gasteiger partial charge >= 0.3 is 0 Å². The number of azide groups is 1. The van der Waals surface area contributed by atoms with Gasteiger partial charge in [0, 0.05) is 10.5 Å². The second-order valence-corrected chi connectivity index (χ2v) is 4.52. The van der Waals surface area contributed by atoms with Gasteiger partial charge in [-0.05, 0) is 12.0 Å². The van der Waals surface area contributed by atoms with Gasteiger partial charge in [-0.1, -0.05) is 23.6 Å². The third kappa shape index (κ3) is 1.89. The summed E-state index contributed by atoms with van der Waals surface area (Å²) in [6.07, 6.45) is 0.0372. The molecule has 0 heterocycles. The predicted molar refractivity (Wildman–Crippen MR) is 72.8 cm³/mol. The lowest BCUT2D eigenvalue weighted by atomic mass is 9.85. The molecule has 8 nitrogen and oxygen atoms in total. The Bertz CT molecular complexity index is 778. The average molecular weight is 310 g/mol. The van der Waals surface area contributed by atoms with Gasteiger partial charge in [-0.3, -0.25) is 9.59 Å². The van der Waals surface area contributed by atoms with E-state index in [4.69, 9.17) is 17.1 Å². The first kappa shape index (κ1) is 14.7. The number of carbonyl (C=O) groups is 2. The number of Topliss-reactive ketones (excluding diaryl/α,β-unsaturated/α-hetero) is 2. The number of nitrogens with zero attached hydrogens (tertiary/aromatic N) is 3. The van der Waals surface area contributed by atoms with Crippen molar-refractivity contribution in [3.63, 3.8) is 0 Å². The molecule has 0 unspecified atom stereocenters. The fraction of sp³-hybridized carbons (Fsp3) is 0.167. The second-order valence-electron chi connectivity index (χ2n) is 4.14. The van der Waals surface area contributed by atoms with E-state index in [9.17, 15) is 24.9 Å². The van der Waals surface area contributed by atoms with E-state index in [-0.39, 0.29) is 12.0 Å². The summed E-state index contributed by atoms with van der Waals surface area (Å²) in [5.41, 5.74) is 6.59. The van der Waals surface area contributed by atoms with Crippen molar-refractivity contribution in [1.29, 1.82) is 0 Å². The molecule has 0 saturated carbocycles. The van der Waals surface area contributed by atoms with Gasteiger partial charge in [-0.2, -0.15) is 0 Å². The zero-order chi connectivity index (χ0) is 15.9. The SMILES string of the molecule is CCC1=C(O)c2c(O)c(N=[N+]=[N-])c(Cl)c(O)c2C(=O)C1=O. The minimum absolute atomic E-state index is 0.0372. The summed E-state index contributed by atoms with van der Waals surface area (Å²) in [7, 11) is 0. The van der Waals surface area contributed by atoms with Gasteiger partial charge in [0.25, 0.3) is 0 Å². The number of rotatable bonds is 2. The van der Waals surface area contributed by atoms with Crippen LogP contribution in [0.4, 0.5) is 5.69 Å². The highest BCUT2D eigenvalue weighted by atomic mass is 35.5. The van der Waals surface area contributed by atoms with Crippen LogP contribution < -0.4 is 0 Å². The normalized spacial score (nSPS) is 14.0. The monoisotopic (exact) mass is 309 g/mol. The lowest BCUT2D eigenvalue weighted by Gasteiger charge is -2.20. The van der Waals surface area contributed by atoms with E-state index in [1.807, 2.05) is 0 Å². The first-order valence-electron chi connectivity index (χ1n) is 5.70. The first-order chi connectivity index (χ1) is 9.86. The maximum Gasteiger partial charge on any atom is 0.237 e. The van der Waals surface area contributed by atoms with Crippen molar-refractivity contribution in [2.75, 3.05) is 0 Å². The van der Waals surface area contributed by atoms with Gasteiger partial charge in [-0.15, -0.1) is 0 Å². The van der Waals surface area contributed by atoms with Crippen molar-refractivity contribution in [2.24, 2.45) is 5.11 Å². The molecule has 1 aromatic rings. The Hall–Kier alpha value is -2.70. The summed E-state index contributed by atoms with van der Waals surface area (Å²) in [6, 6.07) is 0. The van der Waals surface area contributed by atoms with Gasteiger partial charge < -0.3 is 15.3 Å². The van der Waals surface area contributed by atoms with Crippen LogP contribution in [0.5, 0.6) is 11.5 Å². The molecule has 0 fully saturated rings. The highest BCUT2D eigenvalue weighted by Gasteiger charge is 2.38. The number of allylic oxidation sites excluding steroid dienone is 1. The van der Waals surface area contributed by atoms with Crippen molar-refractivity contribution in [2.45, 2.75) is 13.3 Å². The number of aromatic hydroxyl groups is 2. The summed E-state index contributed by atoms with van der Waals surface area (Å²) in [5.74, 6) is -4.38. The van der Waals surface area contributed by atoms with E-state index < -0.39 is 50.7 Å². The third-order valence-corrected chi connectivity index (χ3v) is 3.45. The lowest BCUT2D eigenvalue weighted by Crippen LogP contribution is -2.24. The molecule has 0 aliphatic heterocycles. The van der Waals surface area contributed by atoms with Gasteiger partial charge in [0.15, 0.2) is 0 Å². The first-order valence-corrected chi connectivity index (χ1v) is 6.08. The van der Waals surface area contributed by atoms with E-state index in [2.05, 4.69) is 10.0 Å². The molecule has 3 N–H and O–H groups in total. The Morgan fingerprint density at radius 1 is 1.14 bits per heavy atom. The average Bonchev–Trinajstić information content (AvgIpc) is 2.45. The molecular weight excluding hydrogens is 302 g/mol. The molecule has 21 heavy (non-hydrogen) atoms. The van der Waals surface area contributed by atoms with Crippen molar-refractivity contribution < 1.29 is 24.9 Å². The Balaban J connectivity index is 3.02. The standard InChI is InChI=1S/C12H8ClN3O5/c1-2-3-8(17)4-5(12(21)9(3)18)10(19)6(13)7(11(4)20)15-16-14/h17,19-20H,2H2,1H3. The molecule has 1 aliphatic carbocycles. The number of hydrogen-bond donors (Lipinski definition) is 3. The van der Waals surface area contributed by atoms with Crippen LogP contribution in [0.3, 0.4) is 0 Å². The van der Waals surface area contributed by atoms with E-state index in [1.54, 1.807) is 0 Å². The Labute approximate surface area is 122 Å². The number of halogens is 1. The lowest BCUT2D eigenvalue weighted by molar-refractivity contribution is -0.112. The zero-order valence-electron chi connectivity index (χ0n) is 10.6. The molecular formula is C12H8ClN3O5.